The monoisotopic (exact) mass is 908 g/mol. The average molecular weight is 909 g/mol. The number of quaternary nitrogens is 1. The second-order valence-electron chi connectivity index (χ2n) is 21.7. The Hall–Kier alpha value is -0.0100. The van der Waals surface area contributed by atoms with Crippen LogP contribution in [0.5, 0.6) is 0 Å². The lowest BCUT2D eigenvalue weighted by Crippen LogP contribution is -3.00. The van der Waals surface area contributed by atoms with Crippen molar-refractivity contribution < 1.29 is 16.9 Å². The van der Waals surface area contributed by atoms with Gasteiger partial charge in [0.1, 0.15) is 0 Å². The van der Waals surface area contributed by atoms with Crippen molar-refractivity contribution in [2.75, 3.05) is 20.1 Å². The van der Waals surface area contributed by atoms with Gasteiger partial charge >= 0.3 is 0 Å². The molecule has 382 valence electrons. The van der Waals surface area contributed by atoms with Gasteiger partial charge in [0.15, 0.2) is 0 Å². The Kier molecular flexibility index (Phi) is 60.1. The lowest BCUT2D eigenvalue weighted by Gasteiger charge is -2.47. The van der Waals surface area contributed by atoms with Gasteiger partial charge in [-0.3, -0.25) is 0 Å². The van der Waals surface area contributed by atoms with Gasteiger partial charge in [0, 0.05) is 6.42 Å². The summed E-state index contributed by atoms with van der Waals surface area (Å²) in [5, 5.41) is 0. The van der Waals surface area contributed by atoms with Crippen LogP contribution < -0.4 is 12.4 Å². The minimum Gasteiger partial charge on any atom is -1.00 e. The lowest BCUT2D eigenvalue weighted by atomic mass is 9.90. The molecule has 0 aromatic carbocycles. The molecule has 0 heterocycles. The fourth-order valence-electron chi connectivity index (χ4n) is 9.93. The summed E-state index contributed by atoms with van der Waals surface area (Å²) >= 11 is 0. The molecule has 63 heavy (non-hydrogen) atoms. The predicted octanol–water partition coefficient (Wildman–Crippen LogP) is 19.6. The molecular formula is C61H126ClN. The van der Waals surface area contributed by atoms with Crippen molar-refractivity contribution in [2.24, 2.45) is 0 Å². The van der Waals surface area contributed by atoms with Gasteiger partial charge in [-0.2, -0.15) is 0 Å². The minimum absolute atomic E-state index is 0. The average Bonchev–Trinajstić information content (AvgIpc) is 3.26. The Balaban J connectivity index is -0.00000158. The zero-order valence-electron chi connectivity index (χ0n) is 45.7. The Morgan fingerprint density at radius 3 is 0.667 bits per heavy atom. The molecule has 0 aromatic rings. The molecule has 1 unspecified atom stereocenters. The van der Waals surface area contributed by atoms with E-state index in [1.165, 1.54) is 326 Å². The van der Waals surface area contributed by atoms with E-state index >= 15 is 0 Å². The van der Waals surface area contributed by atoms with Crippen molar-refractivity contribution in [1.82, 2.24) is 0 Å². The molecule has 0 N–H and O–H groups in total. The summed E-state index contributed by atoms with van der Waals surface area (Å²) in [6.07, 6.45) is 73.4. The van der Waals surface area contributed by atoms with Gasteiger partial charge in [-0.25, -0.2) is 0 Å². The van der Waals surface area contributed by atoms with E-state index < -0.39 is 0 Å². The van der Waals surface area contributed by atoms with Crippen LogP contribution in [0.2, 0.25) is 0 Å². The number of likely N-dealkylation sites (N-methyl/N-ethyl adjacent to an activating group) is 1. The number of unbranched alkanes of at least 4 members (excludes halogenated alkanes) is 45. The molecule has 0 rings (SSSR count). The predicted molar refractivity (Wildman–Crippen MR) is 289 cm³/mol. The fraction of sp³-hybridized carbons (Fsp3) is 0.967. The summed E-state index contributed by atoms with van der Waals surface area (Å²) in [7, 11) is 2.51. The molecular weight excluding hydrogens is 782 g/mol. The molecule has 2 heteroatoms. The maximum absolute atomic E-state index is 4.15. The Labute approximate surface area is 409 Å². The second-order valence-corrected chi connectivity index (χ2v) is 21.7. The lowest BCUT2D eigenvalue weighted by molar-refractivity contribution is -0.951. The molecule has 0 fully saturated rings. The van der Waals surface area contributed by atoms with E-state index in [0.29, 0.717) is 5.54 Å². The van der Waals surface area contributed by atoms with E-state index in [0.717, 1.165) is 6.54 Å². The van der Waals surface area contributed by atoms with Crippen molar-refractivity contribution in [3.05, 3.63) is 12.7 Å². The van der Waals surface area contributed by atoms with Gasteiger partial charge in [0.2, 0.25) is 0 Å². The van der Waals surface area contributed by atoms with Crippen molar-refractivity contribution in [3.8, 4) is 0 Å². The normalized spacial score (nSPS) is 12.5. The first-order valence-electron chi connectivity index (χ1n) is 29.8. The van der Waals surface area contributed by atoms with Crippen LogP contribution in [0, 0.1) is 0 Å². The maximum Gasteiger partial charge on any atom is 0.0973 e. The van der Waals surface area contributed by atoms with Crippen LogP contribution >= 0.6 is 0 Å². The van der Waals surface area contributed by atoms with E-state index in [-0.39, 0.29) is 12.4 Å². The highest BCUT2D eigenvalue weighted by molar-refractivity contribution is 4.76. The zero-order valence-corrected chi connectivity index (χ0v) is 46.4. The molecule has 0 aliphatic rings. The van der Waals surface area contributed by atoms with E-state index in [1.807, 2.05) is 0 Å². The van der Waals surface area contributed by atoms with Crippen LogP contribution in [0.1, 0.15) is 356 Å². The van der Waals surface area contributed by atoms with Crippen LogP contribution in [0.3, 0.4) is 0 Å². The molecule has 0 saturated heterocycles. The van der Waals surface area contributed by atoms with Gasteiger partial charge < -0.3 is 16.9 Å². The number of hydrogen-bond donors (Lipinski definition) is 0. The van der Waals surface area contributed by atoms with Crippen molar-refractivity contribution in [1.29, 1.82) is 0 Å². The maximum atomic E-state index is 4.15. The third kappa shape index (κ3) is 51.2. The topological polar surface area (TPSA) is 0 Å². The highest BCUT2D eigenvalue weighted by Gasteiger charge is 2.38. The Morgan fingerprint density at radius 2 is 0.476 bits per heavy atom. The summed E-state index contributed by atoms with van der Waals surface area (Å²) in [5.74, 6) is 0. The van der Waals surface area contributed by atoms with Gasteiger partial charge in [0.05, 0.1) is 25.7 Å². The van der Waals surface area contributed by atoms with Crippen molar-refractivity contribution >= 4 is 0 Å². The van der Waals surface area contributed by atoms with Crippen LogP contribution in [0.15, 0.2) is 12.7 Å². The molecule has 1 nitrogen and oxygen atoms in total. The van der Waals surface area contributed by atoms with Crippen molar-refractivity contribution in [3.63, 3.8) is 0 Å². The molecule has 0 bridgehead atoms. The summed E-state index contributed by atoms with van der Waals surface area (Å²) < 4.78 is 1.17. The minimum atomic E-state index is 0. The van der Waals surface area contributed by atoms with Gasteiger partial charge in [0.25, 0.3) is 0 Å². The largest absolute Gasteiger partial charge is 1.00 e. The molecule has 0 aliphatic carbocycles. The standard InChI is InChI=1S/C43H88N.C18H38.ClH/c1-7-10-12-14-16-18-20-22-24-26-28-30-32-34-36-38-40-43(4,5)44(6,41-9-3)42-39-37-35-33-31-29-27-25-23-21-19-17-15-13-11-8-2;1-3-5-7-9-11-13-15-17-18-16-14-12-10-8-6-4-2;/h9H,3,7-8,10-42H2,1-2,4-6H3;3-18H2,1-2H3;1H/q+1;;/p-1. The second kappa shape index (κ2) is 56.3. The molecule has 0 radical (unpaired) electrons. The number of rotatable bonds is 52. The first-order valence-corrected chi connectivity index (χ1v) is 29.8. The molecule has 0 aromatic heterocycles. The molecule has 0 spiro atoms. The first-order chi connectivity index (χ1) is 30.3. The number of hydrogen-bond acceptors (Lipinski definition) is 0. The molecule has 0 saturated carbocycles. The Morgan fingerprint density at radius 1 is 0.302 bits per heavy atom. The van der Waals surface area contributed by atoms with E-state index in [9.17, 15) is 0 Å². The highest BCUT2D eigenvalue weighted by Crippen LogP contribution is 2.30. The smallest absolute Gasteiger partial charge is 0.0973 e. The molecule has 0 aliphatic heterocycles. The summed E-state index contributed by atoms with van der Waals surface area (Å²) in [5.41, 5.74) is 0.347. The summed E-state index contributed by atoms with van der Waals surface area (Å²) in [6.45, 7) is 20.9. The number of nitrogens with zero attached hydrogens (tertiary/aromatic N) is 1. The molecule has 0 amide bonds. The van der Waals surface area contributed by atoms with Crippen LogP contribution in [-0.4, -0.2) is 30.2 Å². The summed E-state index contributed by atoms with van der Waals surface area (Å²) in [6, 6.07) is 0. The van der Waals surface area contributed by atoms with Gasteiger partial charge in [-0.1, -0.05) is 323 Å². The van der Waals surface area contributed by atoms with E-state index in [2.05, 4.69) is 61.2 Å². The Bertz CT molecular complexity index is 791. The van der Waals surface area contributed by atoms with E-state index in [4.69, 9.17) is 0 Å². The van der Waals surface area contributed by atoms with Crippen molar-refractivity contribution in [2.45, 2.75) is 362 Å². The van der Waals surface area contributed by atoms with Crippen LogP contribution in [-0.2, 0) is 0 Å². The highest BCUT2D eigenvalue weighted by atomic mass is 35.5. The number of halogens is 1. The van der Waals surface area contributed by atoms with Crippen LogP contribution in [0.4, 0.5) is 0 Å². The SMILES string of the molecule is C=CC[N+](C)(CCCCCCCCCCCCCCCCCC)C(C)(C)CCCCCCCCCCCCCCCCCC.CCCCCCCCCCCCCCCCCC.[Cl-]. The van der Waals surface area contributed by atoms with E-state index in [1.54, 1.807) is 0 Å². The molecule has 1 atom stereocenters. The van der Waals surface area contributed by atoms with Gasteiger partial charge in [-0.05, 0) is 39.2 Å². The summed E-state index contributed by atoms with van der Waals surface area (Å²) in [4.78, 5) is 0. The van der Waals surface area contributed by atoms with Crippen LogP contribution in [0.25, 0.3) is 0 Å². The quantitative estimate of drug-likeness (QED) is 0.0324. The fourth-order valence-corrected chi connectivity index (χ4v) is 9.93. The van der Waals surface area contributed by atoms with Gasteiger partial charge in [-0.15, -0.1) is 0 Å². The third-order valence-electron chi connectivity index (χ3n) is 15.1. The first kappa shape index (κ1) is 67.3. The zero-order chi connectivity index (χ0) is 45.8. The third-order valence-corrected chi connectivity index (χ3v) is 15.1.